The van der Waals surface area contributed by atoms with Crippen LogP contribution >= 0.6 is 0 Å². The quantitative estimate of drug-likeness (QED) is 0.594. The van der Waals surface area contributed by atoms with Crippen LogP contribution in [-0.2, 0) is 4.79 Å². The molecule has 174 valence electrons. The predicted octanol–water partition coefficient (Wildman–Crippen LogP) is 4.17. The molecule has 1 saturated heterocycles. The number of hydrogen-bond donors (Lipinski definition) is 2. The maximum absolute atomic E-state index is 12.0. The molecule has 1 aromatic heterocycles. The van der Waals surface area contributed by atoms with Crippen LogP contribution in [0.4, 0.5) is 0 Å². The van der Waals surface area contributed by atoms with Gasteiger partial charge in [0.1, 0.15) is 5.69 Å². The first-order valence-electron chi connectivity index (χ1n) is 11.5. The number of rotatable bonds is 3. The third kappa shape index (κ3) is 7.32. The van der Waals surface area contributed by atoms with Gasteiger partial charge in [0, 0.05) is 38.1 Å². The Balaban J connectivity index is 0.000000226. The van der Waals surface area contributed by atoms with E-state index < -0.39 is 0 Å². The third-order valence-corrected chi connectivity index (χ3v) is 5.58. The Morgan fingerprint density at radius 3 is 2.21 bits per heavy atom. The topological polar surface area (TPSA) is 68.4 Å². The fourth-order valence-electron chi connectivity index (χ4n) is 3.76. The van der Waals surface area contributed by atoms with E-state index in [0.29, 0.717) is 12.2 Å². The van der Waals surface area contributed by atoms with Gasteiger partial charge in [-0.3, -0.25) is 9.59 Å². The highest BCUT2D eigenvalue weighted by molar-refractivity contribution is 5.98. The van der Waals surface area contributed by atoms with Gasteiger partial charge in [0.25, 0.3) is 5.91 Å². The molecule has 2 aliphatic rings. The summed E-state index contributed by atoms with van der Waals surface area (Å²) in [6, 6.07) is 20.0. The molecule has 3 heterocycles. The number of carbonyl (C=O) groups excluding carboxylic acids is 2. The Bertz CT molecular complexity index is 1020. The number of aromatic amines is 1. The fraction of sp³-hybridized carbons (Fsp3) is 0.333. The number of amides is 2. The summed E-state index contributed by atoms with van der Waals surface area (Å²) >= 11 is 0. The molecule has 2 amide bonds. The van der Waals surface area contributed by atoms with Crippen LogP contribution in [-0.4, -0.2) is 67.4 Å². The Kier molecular flexibility index (Phi) is 9.27. The van der Waals surface area contributed by atoms with Crippen LogP contribution in [0.1, 0.15) is 35.3 Å². The number of nitrogens with one attached hydrogen (secondary N) is 2. The first kappa shape index (κ1) is 24.3. The minimum absolute atomic E-state index is 0.0400. The van der Waals surface area contributed by atoms with Gasteiger partial charge in [0.2, 0.25) is 6.41 Å². The van der Waals surface area contributed by atoms with E-state index in [0.717, 1.165) is 41.4 Å². The molecule has 0 unspecified atom stereocenters. The summed E-state index contributed by atoms with van der Waals surface area (Å²) in [4.78, 5) is 29.5. The van der Waals surface area contributed by atoms with E-state index in [9.17, 15) is 9.59 Å². The van der Waals surface area contributed by atoms with Crippen molar-refractivity contribution in [3.05, 3.63) is 78.0 Å². The van der Waals surface area contributed by atoms with E-state index in [-0.39, 0.29) is 5.91 Å². The van der Waals surface area contributed by atoms with Gasteiger partial charge in [0.15, 0.2) is 0 Å². The van der Waals surface area contributed by atoms with Gasteiger partial charge in [0.05, 0.1) is 0 Å². The van der Waals surface area contributed by atoms with Crippen molar-refractivity contribution in [2.24, 2.45) is 0 Å². The van der Waals surface area contributed by atoms with Crippen LogP contribution in [0.5, 0.6) is 0 Å². The van der Waals surface area contributed by atoms with Crippen LogP contribution in [0.15, 0.2) is 66.7 Å². The van der Waals surface area contributed by atoms with E-state index in [1.165, 1.54) is 25.9 Å². The third-order valence-electron chi connectivity index (χ3n) is 5.58. The molecule has 0 saturated carbocycles. The van der Waals surface area contributed by atoms with E-state index in [4.69, 9.17) is 0 Å². The largest absolute Gasteiger partial charge is 0.351 e. The maximum Gasteiger partial charge on any atom is 0.269 e. The van der Waals surface area contributed by atoms with Crippen LogP contribution < -0.4 is 5.32 Å². The minimum Gasteiger partial charge on any atom is -0.351 e. The molecular weight excluding hydrogens is 412 g/mol. The smallest absolute Gasteiger partial charge is 0.269 e. The molecule has 3 aromatic rings. The standard InChI is InChI=1S/C17H19N3O2.C6H6.C4H9N/c1-19(2)17(22)16-9-13-6-5-12(8-15(13)18-16)14-4-3-7-20(10-14)11-21;1-2-4-6-5-3-1;1-2-4-5-3-1/h4-6,8-9,11,18H,3,7,10H2,1-2H3;1-6H;5H,1-4H2. The Morgan fingerprint density at radius 2 is 1.67 bits per heavy atom. The fourth-order valence-corrected chi connectivity index (χ4v) is 3.76. The number of fused-ring (bicyclic) bond motifs is 1. The second-order valence-corrected chi connectivity index (χ2v) is 8.39. The zero-order valence-electron chi connectivity index (χ0n) is 19.6. The number of aromatic nitrogens is 1. The zero-order chi connectivity index (χ0) is 23.5. The highest BCUT2D eigenvalue weighted by Crippen LogP contribution is 2.25. The maximum atomic E-state index is 12.0. The number of hydrogen-bond acceptors (Lipinski definition) is 3. The van der Waals surface area contributed by atoms with Gasteiger partial charge in [-0.2, -0.15) is 0 Å². The summed E-state index contributed by atoms with van der Waals surface area (Å²) in [6.07, 6.45) is 6.73. The lowest BCUT2D eigenvalue weighted by Crippen LogP contribution is -2.27. The lowest BCUT2D eigenvalue weighted by atomic mass is 10.0. The molecule has 0 radical (unpaired) electrons. The SMILES string of the molecule is C1CCNC1.CN(C)C(=O)c1cc2ccc(C3=CCCN(C=O)C3)cc2[nH]1.c1ccccc1. The normalized spacial score (nSPS) is 15.0. The molecule has 5 rings (SSSR count). The average Bonchev–Trinajstić information content (AvgIpc) is 3.58. The summed E-state index contributed by atoms with van der Waals surface area (Å²) in [5.74, 6) is -0.0400. The van der Waals surface area contributed by atoms with Gasteiger partial charge < -0.3 is 20.1 Å². The molecule has 33 heavy (non-hydrogen) atoms. The molecule has 0 spiro atoms. The molecule has 2 aromatic carbocycles. The Morgan fingerprint density at radius 1 is 1.00 bits per heavy atom. The molecule has 0 bridgehead atoms. The van der Waals surface area contributed by atoms with Crippen molar-refractivity contribution < 1.29 is 9.59 Å². The Labute approximate surface area is 196 Å². The van der Waals surface area contributed by atoms with E-state index in [2.05, 4.69) is 16.4 Å². The van der Waals surface area contributed by atoms with Crippen molar-refractivity contribution >= 4 is 28.8 Å². The van der Waals surface area contributed by atoms with Crippen molar-refractivity contribution in [1.82, 2.24) is 20.1 Å². The molecule has 0 aliphatic carbocycles. The monoisotopic (exact) mass is 446 g/mol. The highest BCUT2D eigenvalue weighted by Gasteiger charge is 2.15. The van der Waals surface area contributed by atoms with E-state index in [1.54, 1.807) is 23.9 Å². The summed E-state index contributed by atoms with van der Waals surface area (Å²) in [5, 5.41) is 4.23. The van der Waals surface area contributed by atoms with Crippen molar-refractivity contribution in [2.45, 2.75) is 19.3 Å². The van der Waals surface area contributed by atoms with Crippen molar-refractivity contribution in [1.29, 1.82) is 0 Å². The molecule has 2 N–H and O–H groups in total. The number of benzene rings is 2. The van der Waals surface area contributed by atoms with Crippen LogP contribution in [0.25, 0.3) is 16.5 Å². The first-order chi connectivity index (χ1) is 16.1. The molecular formula is C27H34N4O2. The van der Waals surface area contributed by atoms with Crippen LogP contribution in [0, 0.1) is 0 Å². The summed E-state index contributed by atoms with van der Waals surface area (Å²) in [6.45, 7) is 3.92. The number of H-pyrrole nitrogens is 1. The van der Waals surface area contributed by atoms with Gasteiger partial charge in [-0.15, -0.1) is 0 Å². The van der Waals surface area contributed by atoms with Crippen molar-refractivity contribution in [3.8, 4) is 0 Å². The molecule has 6 heteroatoms. The van der Waals surface area contributed by atoms with E-state index in [1.807, 2.05) is 60.7 Å². The molecule has 0 atom stereocenters. The first-order valence-corrected chi connectivity index (χ1v) is 11.5. The van der Waals surface area contributed by atoms with Crippen molar-refractivity contribution in [2.75, 3.05) is 40.3 Å². The number of carbonyl (C=O) groups is 2. The second kappa shape index (κ2) is 12.6. The summed E-state index contributed by atoms with van der Waals surface area (Å²) < 4.78 is 0. The minimum atomic E-state index is -0.0400. The van der Waals surface area contributed by atoms with E-state index >= 15 is 0 Å². The molecule has 2 aliphatic heterocycles. The summed E-state index contributed by atoms with van der Waals surface area (Å²) in [7, 11) is 3.47. The predicted molar refractivity (Wildman–Crippen MR) is 135 cm³/mol. The van der Waals surface area contributed by atoms with Crippen LogP contribution in [0.2, 0.25) is 0 Å². The second-order valence-electron chi connectivity index (χ2n) is 8.39. The van der Waals surface area contributed by atoms with Gasteiger partial charge in [-0.1, -0.05) is 54.6 Å². The number of nitrogens with zero attached hydrogens (tertiary/aromatic N) is 2. The Hall–Kier alpha value is -3.38. The van der Waals surface area contributed by atoms with Crippen molar-refractivity contribution in [3.63, 3.8) is 0 Å². The van der Waals surface area contributed by atoms with Gasteiger partial charge >= 0.3 is 0 Å². The lowest BCUT2D eigenvalue weighted by molar-refractivity contribution is -0.117. The van der Waals surface area contributed by atoms with Gasteiger partial charge in [-0.25, -0.2) is 0 Å². The summed E-state index contributed by atoms with van der Waals surface area (Å²) in [5.41, 5.74) is 3.76. The average molecular weight is 447 g/mol. The van der Waals surface area contributed by atoms with Crippen LogP contribution in [0.3, 0.4) is 0 Å². The molecule has 6 nitrogen and oxygen atoms in total. The zero-order valence-corrected chi connectivity index (χ0v) is 19.6. The molecule has 1 fully saturated rings. The lowest BCUT2D eigenvalue weighted by Gasteiger charge is -2.23. The highest BCUT2D eigenvalue weighted by atomic mass is 16.2. The van der Waals surface area contributed by atoms with Gasteiger partial charge in [-0.05, 0) is 55.6 Å².